The number of nitrogens with one attached hydrogen (secondary N) is 1. The number of carbonyl (C=O) groups is 1. The fourth-order valence-electron chi connectivity index (χ4n) is 8.05. The quantitative estimate of drug-likeness (QED) is 0.469. The molecule has 2 aromatic rings. The van der Waals surface area contributed by atoms with Crippen molar-refractivity contribution in [2.45, 2.75) is 96.4 Å². The fraction of sp³-hybridized carbons (Fsp3) is 0.667. The normalized spacial score (nSPS) is 34.8. The number of ether oxygens (including phenoxy) is 2. The maximum atomic E-state index is 12.7. The minimum Gasteiger partial charge on any atom is -0.465 e. The molecule has 0 spiro atoms. The number of hydrogen-bond donors (Lipinski definition) is 2. The van der Waals surface area contributed by atoms with Crippen molar-refractivity contribution in [1.29, 1.82) is 0 Å². The molecule has 4 aliphatic rings. The number of benzene rings is 1. The van der Waals surface area contributed by atoms with Gasteiger partial charge in [-0.1, -0.05) is 13.0 Å². The van der Waals surface area contributed by atoms with Crippen LogP contribution in [0.5, 0.6) is 5.75 Å². The summed E-state index contributed by atoms with van der Waals surface area (Å²) in [7, 11) is 0. The van der Waals surface area contributed by atoms with Crippen LogP contribution >= 0.6 is 11.3 Å². The molecule has 3 fully saturated rings. The predicted molar refractivity (Wildman–Crippen MR) is 145 cm³/mol. The Morgan fingerprint density at radius 1 is 1.30 bits per heavy atom. The number of thiazole rings is 1. The van der Waals surface area contributed by atoms with Crippen molar-refractivity contribution in [3.8, 4) is 5.75 Å². The number of amides is 1. The van der Waals surface area contributed by atoms with Gasteiger partial charge in [-0.05, 0) is 111 Å². The zero-order valence-corrected chi connectivity index (χ0v) is 22.9. The third kappa shape index (κ3) is 4.95. The van der Waals surface area contributed by atoms with Gasteiger partial charge in [-0.3, -0.25) is 4.79 Å². The topological polar surface area (TPSA) is 80.7 Å². The zero-order valence-electron chi connectivity index (χ0n) is 22.1. The van der Waals surface area contributed by atoms with Gasteiger partial charge in [0.2, 0.25) is 5.91 Å². The Hall–Kier alpha value is -1.96. The average Bonchev–Trinajstić information content (AvgIpc) is 3.42. The number of anilines is 1. The smallest absolute Gasteiger partial charge is 0.226 e. The Kier molecular flexibility index (Phi) is 7.06. The Bertz CT molecular complexity index is 1130. The summed E-state index contributed by atoms with van der Waals surface area (Å²) >= 11 is 1.51. The lowest BCUT2D eigenvalue weighted by Gasteiger charge is -2.51. The van der Waals surface area contributed by atoms with Gasteiger partial charge in [0.25, 0.3) is 0 Å². The summed E-state index contributed by atoms with van der Waals surface area (Å²) in [5, 5.41) is 14.8. The molecule has 6 rings (SSSR count). The molecule has 0 bridgehead atoms. The summed E-state index contributed by atoms with van der Waals surface area (Å²) in [5.74, 6) is 2.89. The molecule has 6 nitrogen and oxygen atoms in total. The van der Waals surface area contributed by atoms with E-state index in [1.54, 1.807) is 6.20 Å². The standard InChI is InChI=1S/C30H40N2O4S/c1-18-17-31-29(37-18)32-26(34)11-7-20-16-25(33)30(2)13-12-23-22-10-8-21(36-27-5-3-4-14-35-27)15-19(22)6-9-24(23)28(20)30/h8,10,15,17,20,23-25,27-28,33H,3-7,9,11-14,16H2,1-2H3,(H,31,32,34). The van der Waals surface area contributed by atoms with Crippen LogP contribution in [-0.4, -0.2) is 35.0 Å². The number of carbonyl (C=O) groups excluding carboxylic acids is 1. The molecule has 2 heterocycles. The number of aromatic nitrogens is 1. The van der Waals surface area contributed by atoms with Crippen molar-refractivity contribution in [3.63, 3.8) is 0 Å². The molecule has 1 aliphatic heterocycles. The lowest BCUT2D eigenvalue weighted by molar-refractivity contribution is -0.116. The van der Waals surface area contributed by atoms with Gasteiger partial charge in [0.15, 0.2) is 11.4 Å². The van der Waals surface area contributed by atoms with E-state index in [1.165, 1.54) is 28.9 Å². The second-order valence-electron chi connectivity index (χ2n) is 12.0. The summed E-state index contributed by atoms with van der Waals surface area (Å²) < 4.78 is 12.0. The van der Waals surface area contributed by atoms with Gasteiger partial charge in [-0.15, -0.1) is 11.3 Å². The lowest BCUT2D eigenvalue weighted by Crippen LogP contribution is -2.45. The number of aryl methyl sites for hydroxylation is 2. The number of hydrogen-bond acceptors (Lipinski definition) is 6. The Morgan fingerprint density at radius 2 is 2.19 bits per heavy atom. The summed E-state index contributed by atoms with van der Waals surface area (Å²) in [6, 6.07) is 6.69. The minimum atomic E-state index is -0.277. The number of aliphatic hydroxyl groups is 1. The highest BCUT2D eigenvalue weighted by Gasteiger charge is 2.58. The van der Waals surface area contributed by atoms with Crippen LogP contribution in [0.2, 0.25) is 0 Å². The van der Waals surface area contributed by atoms with Crippen molar-refractivity contribution in [1.82, 2.24) is 4.98 Å². The Labute approximate surface area is 224 Å². The van der Waals surface area contributed by atoms with E-state index in [2.05, 4.69) is 35.4 Å². The maximum absolute atomic E-state index is 12.7. The van der Waals surface area contributed by atoms with Crippen LogP contribution in [0.15, 0.2) is 24.4 Å². The molecule has 2 N–H and O–H groups in total. The largest absolute Gasteiger partial charge is 0.465 e. The maximum Gasteiger partial charge on any atom is 0.226 e. The van der Waals surface area contributed by atoms with Gasteiger partial charge < -0.3 is 19.9 Å². The average molecular weight is 525 g/mol. The molecule has 1 saturated heterocycles. The van der Waals surface area contributed by atoms with Crippen LogP contribution in [0.3, 0.4) is 0 Å². The van der Waals surface area contributed by atoms with Crippen LogP contribution in [-0.2, 0) is 16.0 Å². The molecule has 0 radical (unpaired) electrons. The molecular weight excluding hydrogens is 484 g/mol. The van der Waals surface area contributed by atoms with Crippen LogP contribution in [0, 0.1) is 30.1 Å². The SMILES string of the molecule is Cc1cnc(NC(=O)CCC2CC(O)C3(C)CCC4c5ccc(OC6CCCCO6)cc5CCC4C23)s1. The summed E-state index contributed by atoms with van der Waals surface area (Å²) in [6.45, 7) is 5.10. The second-order valence-corrected chi connectivity index (χ2v) is 13.3. The Morgan fingerprint density at radius 3 is 2.97 bits per heavy atom. The van der Waals surface area contributed by atoms with E-state index in [0.29, 0.717) is 35.2 Å². The molecule has 2 saturated carbocycles. The van der Waals surface area contributed by atoms with Crippen molar-refractivity contribution in [2.75, 3.05) is 11.9 Å². The Balaban J connectivity index is 1.15. The van der Waals surface area contributed by atoms with Crippen LogP contribution in [0.1, 0.15) is 86.6 Å². The molecular formula is C30H40N2O4S. The molecule has 3 aliphatic carbocycles. The highest BCUT2D eigenvalue weighted by atomic mass is 32.1. The molecule has 1 aromatic carbocycles. The zero-order chi connectivity index (χ0) is 25.6. The first-order chi connectivity index (χ1) is 17.9. The first kappa shape index (κ1) is 25.3. The van der Waals surface area contributed by atoms with Crippen molar-refractivity contribution < 1.29 is 19.4 Å². The molecule has 200 valence electrons. The van der Waals surface area contributed by atoms with Crippen molar-refractivity contribution in [2.24, 2.45) is 23.2 Å². The number of nitrogens with zero attached hydrogens (tertiary/aromatic N) is 1. The van der Waals surface area contributed by atoms with Gasteiger partial charge in [0.05, 0.1) is 12.7 Å². The third-order valence-electron chi connectivity index (χ3n) is 9.80. The number of aliphatic hydroxyl groups excluding tert-OH is 1. The van der Waals surface area contributed by atoms with E-state index in [9.17, 15) is 9.90 Å². The summed E-state index contributed by atoms with van der Waals surface area (Å²) in [6.07, 6.45) is 11.2. The third-order valence-corrected chi connectivity index (χ3v) is 10.6. The molecule has 1 amide bonds. The van der Waals surface area contributed by atoms with E-state index in [1.807, 2.05) is 6.92 Å². The molecule has 37 heavy (non-hydrogen) atoms. The van der Waals surface area contributed by atoms with E-state index in [-0.39, 0.29) is 23.7 Å². The van der Waals surface area contributed by atoms with Gasteiger partial charge >= 0.3 is 0 Å². The summed E-state index contributed by atoms with van der Waals surface area (Å²) in [4.78, 5) is 18.1. The van der Waals surface area contributed by atoms with Crippen LogP contribution < -0.4 is 10.1 Å². The van der Waals surface area contributed by atoms with Gasteiger partial charge in [-0.25, -0.2) is 4.98 Å². The fourth-order valence-corrected chi connectivity index (χ4v) is 8.73. The van der Waals surface area contributed by atoms with Crippen molar-refractivity contribution >= 4 is 22.4 Å². The van der Waals surface area contributed by atoms with E-state index in [4.69, 9.17) is 9.47 Å². The van der Waals surface area contributed by atoms with Crippen LogP contribution in [0.25, 0.3) is 0 Å². The van der Waals surface area contributed by atoms with Gasteiger partial charge in [-0.2, -0.15) is 0 Å². The first-order valence-corrected chi connectivity index (χ1v) is 15.0. The van der Waals surface area contributed by atoms with E-state index in [0.717, 1.165) is 68.6 Å². The monoisotopic (exact) mass is 524 g/mol. The lowest BCUT2D eigenvalue weighted by atomic mass is 9.53. The molecule has 7 unspecified atom stereocenters. The molecule has 1 aromatic heterocycles. The number of rotatable bonds is 6. The van der Waals surface area contributed by atoms with E-state index >= 15 is 0 Å². The highest BCUT2D eigenvalue weighted by Crippen LogP contribution is 2.63. The van der Waals surface area contributed by atoms with E-state index < -0.39 is 0 Å². The van der Waals surface area contributed by atoms with Gasteiger partial charge in [0.1, 0.15) is 5.75 Å². The van der Waals surface area contributed by atoms with Crippen LogP contribution in [0.4, 0.5) is 5.13 Å². The molecule has 7 heteroatoms. The summed E-state index contributed by atoms with van der Waals surface area (Å²) in [5.41, 5.74) is 2.85. The number of fused-ring (bicyclic) bond motifs is 5. The minimum absolute atomic E-state index is 0.0354. The highest BCUT2D eigenvalue weighted by molar-refractivity contribution is 7.15. The molecule has 7 atom stereocenters. The van der Waals surface area contributed by atoms with Crippen molar-refractivity contribution in [3.05, 3.63) is 40.4 Å². The second kappa shape index (κ2) is 10.3. The van der Waals surface area contributed by atoms with Gasteiger partial charge in [0, 0.05) is 23.9 Å². The predicted octanol–water partition coefficient (Wildman–Crippen LogP) is 6.22. The first-order valence-electron chi connectivity index (χ1n) is 14.2.